The zero-order valence-electron chi connectivity index (χ0n) is 3.26. The Labute approximate surface area is 50.0 Å². The molecule has 0 fully saturated rings. The summed E-state index contributed by atoms with van der Waals surface area (Å²) in [6, 6.07) is 0. The van der Waals surface area contributed by atoms with Crippen molar-refractivity contribution in [3.05, 3.63) is 0 Å². The van der Waals surface area contributed by atoms with Gasteiger partial charge < -0.3 is 10.4 Å². The summed E-state index contributed by atoms with van der Waals surface area (Å²) in [5.74, 6) is 0. The van der Waals surface area contributed by atoms with E-state index in [1.54, 1.807) is 0 Å². The van der Waals surface area contributed by atoms with Crippen molar-refractivity contribution in [1.29, 1.82) is 0 Å². The number of hydrogen-bond acceptors (Lipinski definition) is 1. The van der Waals surface area contributed by atoms with Crippen LogP contribution in [0.1, 0.15) is 0 Å². The third-order valence-corrected chi connectivity index (χ3v) is 0.214. The van der Waals surface area contributed by atoms with E-state index in [0.29, 0.717) is 0 Å². The smallest absolute Gasteiger partial charge is 0.404 e. The molecule has 0 rings (SSSR count). The van der Waals surface area contributed by atoms with Gasteiger partial charge in [0.25, 0.3) is 0 Å². The first-order chi connectivity index (χ1) is 2.27. The van der Waals surface area contributed by atoms with Crippen LogP contribution in [0.25, 0.3) is 0 Å². The zero-order chi connectivity index (χ0) is 4.28. The molecule has 0 saturated carbocycles. The molecule has 36 valence electrons. The van der Waals surface area contributed by atoms with Crippen molar-refractivity contribution in [2.24, 2.45) is 0 Å². The average molecular weight is 171 g/mol. The van der Waals surface area contributed by atoms with Gasteiger partial charge in [-0.15, -0.1) is 0 Å². The number of amides is 1. The maximum Gasteiger partial charge on any atom is 0.404 e. The van der Waals surface area contributed by atoms with E-state index in [9.17, 15) is 4.79 Å². The van der Waals surface area contributed by atoms with E-state index in [-0.39, 0.29) is 21.1 Å². The first kappa shape index (κ1) is 9.35. The largest absolute Gasteiger partial charge is 0.465 e. The molecule has 0 radical (unpaired) electrons. The van der Waals surface area contributed by atoms with Gasteiger partial charge in [0.05, 0.1) is 0 Å². The summed E-state index contributed by atoms with van der Waals surface area (Å²) in [5, 5.41) is 9.56. The third kappa shape index (κ3) is 9.03. The number of carboxylic acid groups (broad SMARTS) is 1. The van der Waals surface area contributed by atoms with Gasteiger partial charge in [0, 0.05) is 28.1 Å². The van der Waals surface area contributed by atoms with Gasteiger partial charge in [-0.2, -0.15) is 0 Å². The van der Waals surface area contributed by atoms with Crippen LogP contribution in [0.3, 0.4) is 0 Å². The quantitative estimate of drug-likeness (QED) is 0.499. The van der Waals surface area contributed by atoms with Gasteiger partial charge in [0.15, 0.2) is 0 Å². The molecule has 0 aliphatic carbocycles. The van der Waals surface area contributed by atoms with Gasteiger partial charge in [-0.3, -0.25) is 0 Å². The summed E-state index contributed by atoms with van der Waals surface area (Å²) < 4.78 is 0. The van der Waals surface area contributed by atoms with Crippen molar-refractivity contribution in [3.63, 3.8) is 0 Å². The Kier molecular flexibility index (Phi) is 7.73. The molecule has 0 aliphatic rings. The molecular weight excluding hydrogens is 166 g/mol. The van der Waals surface area contributed by atoms with Crippen molar-refractivity contribution in [3.8, 4) is 0 Å². The van der Waals surface area contributed by atoms with Gasteiger partial charge >= 0.3 is 6.09 Å². The summed E-state index contributed by atoms with van der Waals surface area (Å²) in [6.07, 6.45) is -0.995. The molecule has 6 heavy (non-hydrogen) atoms. The topological polar surface area (TPSA) is 49.3 Å². The molecule has 0 saturated heterocycles. The molecule has 0 unspecified atom stereocenters. The molecule has 0 aliphatic heterocycles. The molecule has 0 heterocycles. The van der Waals surface area contributed by atoms with Crippen LogP contribution in [-0.4, -0.2) is 18.2 Å². The maximum atomic E-state index is 9.26. The van der Waals surface area contributed by atoms with E-state index in [2.05, 4.69) is 0 Å². The number of hydrogen-bond donors (Lipinski definition) is 2. The molecule has 1 amide bonds. The Hall–Kier alpha value is -0.0417. The number of nitrogens with one attached hydrogen (secondary N) is 1. The number of rotatable bonds is 0. The third-order valence-electron chi connectivity index (χ3n) is 0.214. The molecule has 0 aromatic heterocycles. The minimum atomic E-state index is -0.995. The first-order valence-corrected chi connectivity index (χ1v) is 1.18. The first-order valence-electron chi connectivity index (χ1n) is 1.18. The maximum absolute atomic E-state index is 9.26. The Morgan fingerprint density at radius 3 is 2.00 bits per heavy atom. The van der Waals surface area contributed by atoms with Crippen molar-refractivity contribution in [2.75, 3.05) is 7.05 Å². The van der Waals surface area contributed by atoms with E-state index in [0.717, 1.165) is 0 Å². The van der Waals surface area contributed by atoms with Gasteiger partial charge in [0.2, 0.25) is 0 Å². The number of carbonyl (C=O) groups is 1. The normalized spacial score (nSPS) is 5.50. The predicted octanol–water partition coefficient (Wildman–Crippen LogP) is -0.119. The molecule has 0 aromatic carbocycles. The summed E-state index contributed by atoms with van der Waals surface area (Å²) in [4.78, 5) is 9.26. The van der Waals surface area contributed by atoms with Crippen molar-refractivity contribution in [1.82, 2.24) is 5.32 Å². The Bertz CT molecular complexity index is 46.8. The Morgan fingerprint density at radius 1 is 1.83 bits per heavy atom. The van der Waals surface area contributed by atoms with E-state index in [1.165, 1.54) is 7.05 Å². The van der Waals surface area contributed by atoms with Gasteiger partial charge in [-0.05, 0) is 0 Å². The molecule has 2 N–H and O–H groups in total. The van der Waals surface area contributed by atoms with Crippen LogP contribution in [0, 0.1) is 0 Å². The summed E-state index contributed by atoms with van der Waals surface area (Å²) in [7, 11) is 1.35. The monoisotopic (exact) mass is 173 g/mol. The van der Waals surface area contributed by atoms with Crippen LogP contribution < -0.4 is 5.32 Å². The van der Waals surface area contributed by atoms with Crippen LogP contribution in [-0.2, 0) is 21.1 Å². The minimum absolute atomic E-state index is 0. The molecule has 0 aromatic rings. The van der Waals surface area contributed by atoms with E-state index >= 15 is 0 Å². The van der Waals surface area contributed by atoms with Crippen molar-refractivity contribution in [2.45, 2.75) is 0 Å². The predicted molar refractivity (Wildman–Crippen MR) is 17.1 cm³/mol. The van der Waals surface area contributed by atoms with E-state index in [4.69, 9.17) is 5.11 Å². The Morgan fingerprint density at radius 2 is 2.00 bits per heavy atom. The fourth-order valence-electron chi connectivity index (χ4n) is 0. The van der Waals surface area contributed by atoms with E-state index < -0.39 is 6.09 Å². The van der Waals surface area contributed by atoms with Crippen LogP contribution in [0.5, 0.6) is 0 Å². The fraction of sp³-hybridized carbons (Fsp3) is 0.500. The van der Waals surface area contributed by atoms with E-state index in [1.807, 2.05) is 5.32 Å². The zero-order valence-corrected chi connectivity index (χ0v) is 5.27. The molecule has 4 heteroatoms. The molecular formula is C2H5MoNO2. The van der Waals surface area contributed by atoms with Crippen LogP contribution in [0.4, 0.5) is 4.79 Å². The van der Waals surface area contributed by atoms with Crippen molar-refractivity contribution >= 4 is 6.09 Å². The Balaban J connectivity index is 0. The van der Waals surface area contributed by atoms with Crippen molar-refractivity contribution < 1.29 is 31.0 Å². The van der Waals surface area contributed by atoms with Gasteiger partial charge in [-0.25, -0.2) is 4.79 Å². The summed E-state index contributed by atoms with van der Waals surface area (Å²) >= 11 is 0. The second-order valence-corrected chi connectivity index (χ2v) is 0.555. The second kappa shape index (κ2) is 4.96. The van der Waals surface area contributed by atoms with Crippen LogP contribution in [0.2, 0.25) is 0 Å². The SMILES string of the molecule is CNC(=O)O.[Mo]. The average Bonchev–Trinajstić information content (AvgIpc) is 1.38. The molecule has 0 bridgehead atoms. The summed E-state index contributed by atoms with van der Waals surface area (Å²) in [5.41, 5.74) is 0. The van der Waals surface area contributed by atoms with Gasteiger partial charge in [-0.1, -0.05) is 0 Å². The summed E-state index contributed by atoms with van der Waals surface area (Å²) in [6.45, 7) is 0. The standard InChI is InChI=1S/C2H5NO2.Mo/c1-3-2(4)5;/h3H,1H3,(H,4,5);. The van der Waals surface area contributed by atoms with Crippen LogP contribution in [0.15, 0.2) is 0 Å². The molecule has 0 spiro atoms. The van der Waals surface area contributed by atoms with Gasteiger partial charge in [0.1, 0.15) is 0 Å². The minimum Gasteiger partial charge on any atom is -0.465 e. The van der Waals surface area contributed by atoms with Crippen LogP contribution >= 0.6 is 0 Å². The second-order valence-electron chi connectivity index (χ2n) is 0.555. The fourth-order valence-corrected chi connectivity index (χ4v) is 0. The molecule has 0 atom stereocenters. The molecule has 3 nitrogen and oxygen atoms in total.